The van der Waals surface area contributed by atoms with E-state index in [1.54, 1.807) is 34.1 Å². The normalized spacial score (nSPS) is 22.8. The van der Waals surface area contributed by atoms with Crippen molar-refractivity contribution in [3.63, 3.8) is 0 Å². The second kappa shape index (κ2) is 8.32. The van der Waals surface area contributed by atoms with Crippen LogP contribution in [0.4, 0.5) is 11.5 Å². The molecule has 1 unspecified atom stereocenters. The molecule has 1 saturated carbocycles. The van der Waals surface area contributed by atoms with Crippen LogP contribution in [0.3, 0.4) is 0 Å². The van der Waals surface area contributed by atoms with Crippen molar-refractivity contribution in [3.05, 3.63) is 62.3 Å². The van der Waals surface area contributed by atoms with Crippen LogP contribution >= 0.6 is 23.2 Å². The molecule has 1 aliphatic heterocycles. The Morgan fingerprint density at radius 2 is 1.84 bits per heavy atom. The fourth-order valence-electron chi connectivity index (χ4n) is 3.96. The molecule has 2 aromatic rings. The lowest BCUT2D eigenvalue weighted by Gasteiger charge is -2.42. The van der Waals surface area contributed by atoms with Crippen LogP contribution < -0.4 is 4.90 Å². The molecule has 1 aromatic heterocycles. The Kier molecular flexibility index (Phi) is 5.72. The average Bonchev–Trinajstić information content (AvgIpc) is 3.55. The summed E-state index contributed by atoms with van der Waals surface area (Å²) in [6.45, 7) is 0.830. The number of aromatic nitrogens is 1. The smallest absolute Gasteiger partial charge is 0.313 e. The molecular weight excluding hydrogens is 447 g/mol. The second-order valence-corrected chi connectivity index (χ2v) is 8.46. The van der Waals surface area contributed by atoms with E-state index in [0.717, 1.165) is 5.56 Å². The Balaban J connectivity index is 1.66. The van der Waals surface area contributed by atoms with Gasteiger partial charge in [0.2, 0.25) is 11.7 Å². The predicted octanol–water partition coefficient (Wildman–Crippen LogP) is 3.41. The summed E-state index contributed by atoms with van der Waals surface area (Å²) in [6, 6.07) is 7.84. The summed E-state index contributed by atoms with van der Waals surface area (Å²) in [5, 5.41) is 21.5. The average molecular weight is 465 g/mol. The molecule has 1 N–H and O–H groups in total. The third-order valence-corrected chi connectivity index (χ3v) is 6.11. The monoisotopic (exact) mass is 464 g/mol. The first-order valence-electron chi connectivity index (χ1n) is 9.60. The number of hydrogen-bond donors (Lipinski definition) is 1. The van der Waals surface area contributed by atoms with Gasteiger partial charge < -0.3 is 14.9 Å². The van der Waals surface area contributed by atoms with Gasteiger partial charge in [0.05, 0.1) is 27.8 Å². The van der Waals surface area contributed by atoms with Gasteiger partial charge in [-0.25, -0.2) is 4.98 Å². The van der Waals surface area contributed by atoms with Crippen LogP contribution in [0.15, 0.2) is 36.5 Å². The summed E-state index contributed by atoms with van der Waals surface area (Å²) in [5.41, 5.74) is 0.581. The third kappa shape index (κ3) is 4.28. The maximum Gasteiger partial charge on any atom is 0.313 e. The number of carboxylic acid groups (broad SMARTS) is 1. The summed E-state index contributed by atoms with van der Waals surface area (Å²) >= 11 is 11.9. The van der Waals surface area contributed by atoms with E-state index in [9.17, 15) is 19.7 Å². The van der Waals surface area contributed by atoms with Crippen LogP contribution in [0.25, 0.3) is 0 Å². The Labute approximate surface area is 187 Å². The maximum atomic E-state index is 12.9. The molecule has 9 nitrogen and oxygen atoms in total. The number of halogens is 2. The van der Waals surface area contributed by atoms with Crippen LogP contribution in [0, 0.1) is 22.0 Å². The number of piperazine rings is 1. The van der Waals surface area contributed by atoms with Crippen LogP contribution in [0.2, 0.25) is 10.0 Å². The van der Waals surface area contributed by atoms with Crippen molar-refractivity contribution < 1.29 is 19.6 Å². The maximum absolute atomic E-state index is 12.9. The molecule has 3 atom stereocenters. The molecule has 162 valence electrons. The Morgan fingerprint density at radius 1 is 1.13 bits per heavy atom. The highest BCUT2D eigenvalue weighted by atomic mass is 35.5. The minimum absolute atomic E-state index is 0.153. The van der Waals surface area contributed by atoms with Gasteiger partial charge >= 0.3 is 11.7 Å². The molecule has 1 aliphatic carbocycles. The summed E-state index contributed by atoms with van der Waals surface area (Å²) in [6.07, 6.45) is 1.69. The van der Waals surface area contributed by atoms with Crippen molar-refractivity contribution in [3.8, 4) is 0 Å². The Morgan fingerprint density at radius 3 is 2.45 bits per heavy atom. The highest BCUT2D eigenvalue weighted by Gasteiger charge is 2.50. The molecule has 0 bridgehead atoms. The topological polar surface area (TPSA) is 117 Å². The largest absolute Gasteiger partial charge is 0.481 e. The van der Waals surface area contributed by atoms with Gasteiger partial charge in [-0.15, -0.1) is 0 Å². The number of carboxylic acids is 1. The molecular formula is C20H18Cl2N4O5. The zero-order chi connectivity index (χ0) is 22.3. The van der Waals surface area contributed by atoms with Crippen LogP contribution in [-0.4, -0.2) is 51.4 Å². The van der Waals surface area contributed by atoms with E-state index in [4.69, 9.17) is 28.3 Å². The van der Waals surface area contributed by atoms with Crippen LogP contribution in [-0.2, 0) is 9.59 Å². The van der Waals surface area contributed by atoms with Gasteiger partial charge in [-0.3, -0.25) is 19.7 Å². The van der Waals surface area contributed by atoms with Gasteiger partial charge in [0, 0.05) is 36.9 Å². The molecule has 11 heteroatoms. The number of anilines is 1. The van der Waals surface area contributed by atoms with E-state index >= 15 is 0 Å². The summed E-state index contributed by atoms with van der Waals surface area (Å²) in [4.78, 5) is 42.7. The van der Waals surface area contributed by atoms with Gasteiger partial charge in [-0.05, 0) is 24.1 Å². The molecule has 1 amide bonds. The van der Waals surface area contributed by atoms with Crippen LogP contribution in [0.5, 0.6) is 0 Å². The van der Waals surface area contributed by atoms with E-state index in [0.29, 0.717) is 24.5 Å². The van der Waals surface area contributed by atoms with Gasteiger partial charge in [0.1, 0.15) is 0 Å². The molecule has 4 rings (SSSR count). The van der Waals surface area contributed by atoms with Gasteiger partial charge in [-0.1, -0.05) is 35.3 Å². The van der Waals surface area contributed by atoms with Crippen LogP contribution in [0.1, 0.15) is 18.0 Å². The number of hydrogen-bond acceptors (Lipinski definition) is 6. The number of nitrogens with zero attached hydrogens (tertiary/aromatic N) is 4. The van der Waals surface area contributed by atoms with E-state index in [1.165, 1.54) is 12.3 Å². The lowest BCUT2D eigenvalue weighted by molar-refractivity contribution is -0.384. The number of amides is 1. The molecule has 0 radical (unpaired) electrons. The number of aliphatic carboxylic acids is 1. The highest BCUT2D eigenvalue weighted by molar-refractivity contribution is 6.31. The number of carbonyl (C=O) groups excluding carboxylic acids is 1. The van der Waals surface area contributed by atoms with Crippen molar-refractivity contribution in [1.29, 1.82) is 0 Å². The van der Waals surface area contributed by atoms with Crippen molar-refractivity contribution in [1.82, 2.24) is 9.88 Å². The fraction of sp³-hybridized carbons (Fsp3) is 0.350. The van der Waals surface area contributed by atoms with Gasteiger partial charge in [0.15, 0.2) is 0 Å². The first-order valence-corrected chi connectivity index (χ1v) is 10.4. The van der Waals surface area contributed by atoms with Gasteiger partial charge in [0.25, 0.3) is 0 Å². The zero-order valence-electron chi connectivity index (χ0n) is 16.1. The van der Waals surface area contributed by atoms with E-state index in [1.807, 2.05) is 0 Å². The molecule has 2 aliphatic rings. The molecule has 0 spiro atoms. The Hall–Kier alpha value is -2.91. The summed E-state index contributed by atoms with van der Waals surface area (Å²) in [5.74, 6) is -2.16. The molecule has 1 aromatic carbocycles. The van der Waals surface area contributed by atoms with E-state index in [2.05, 4.69) is 4.98 Å². The zero-order valence-corrected chi connectivity index (χ0v) is 17.7. The lowest BCUT2D eigenvalue weighted by atomic mass is 10.0. The van der Waals surface area contributed by atoms with Crippen molar-refractivity contribution in [2.75, 3.05) is 24.5 Å². The SMILES string of the molecule is O=C(O)[C@@H]1C[C@@H]1C(=O)N1CCN(c2ncc(Cl)cc2[N+](=O)[O-])C(c2ccc(Cl)cc2)C1. The number of benzene rings is 1. The van der Waals surface area contributed by atoms with Crippen molar-refractivity contribution in [2.24, 2.45) is 11.8 Å². The van der Waals surface area contributed by atoms with Gasteiger partial charge in [-0.2, -0.15) is 0 Å². The fourth-order valence-corrected chi connectivity index (χ4v) is 4.24. The molecule has 2 heterocycles. The minimum Gasteiger partial charge on any atom is -0.481 e. The Bertz CT molecular complexity index is 1050. The molecule has 2 fully saturated rings. The number of rotatable bonds is 5. The lowest BCUT2D eigenvalue weighted by Crippen LogP contribution is -2.51. The summed E-state index contributed by atoms with van der Waals surface area (Å²) in [7, 11) is 0. The quantitative estimate of drug-likeness (QED) is 0.531. The summed E-state index contributed by atoms with van der Waals surface area (Å²) < 4.78 is 0. The van der Waals surface area contributed by atoms with Crippen molar-refractivity contribution in [2.45, 2.75) is 12.5 Å². The number of nitro groups is 1. The standard InChI is InChI=1S/C20H18Cl2N4O5/c21-12-3-1-11(2-4-12)17-10-24(19(27)14-8-15(14)20(28)29)5-6-25(17)18-16(26(30)31)7-13(22)9-23-18/h1-4,7,9,14-15,17H,5-6,8,10H2,(H,28,29)/t14-,15+,17?/m0/s1. The van der Waals surface area contributed by atoms with E-state index < -0.39 is 28.8 Å². The highest BCUT2D eigenvalue weighted by Crippen LogP contribution is 2.42. The molecule has 1 saturated heterocycles. The first kappa shape index (κ1) is 21.3. The second-order valence-electron chi connectivity index (χ2n) is 7.59. The molecule has 31 heavy (non-hydrogen) atoms. The first-order chi connectivity index (χ1) is 14.8. The minimum atomic E-state index is -0.966. The number of pyridine rings is 1. The van der Waals surface area contributed by atoms with Crippen molar-refractivity contribution >= 4 is 46.6 Å². The third-order valence-electron chi connectivity index (χ3n) is 5.65. The predicted molar refractivity (Wildman–Crippen MR) is 113 cm³/mol. The number of carbonyl (C=O) groups is 2. The van der Waals surface area contributed by atoms with E-state index in [-0.39, 0.29) is 29.0 Å².